The lowest BCUT2D eigenvalue weighted by atomic mass is 10.1. The number of imidazole rings is 1. The molecule has 1 fully saturated rings. The lowest BCUT2D eigenvalue weighted by Crippen LogP contribution is -2.18. The number of aliphatic hydroxyl groups is 1. The third-order valence-corrected chi connectivity index (χ3v) is 3.06. The summed E-state index contributed by atoms with van der Waals surface area (Å²) in [6.45, 7) is 3.99. The third-order valence-electron chi connectivity index (χ3n) is 3.06. The minimum Gasteiger partial charge on any atom is -0.394 e. The number of anilines is 1. The predicted molar refractivity (Wildman–Crippen MR) is 73.3 cm³/mol. The molecule has 0 amide bonds. The van der Waals surface area contributed by atoms with Gasteiger partial charge in [0.25, 0.3) is 5.56 Å². The molecule has 2 aromatic rings. The van der Waals surface area contributed by atoms with E-state index in [1.54, 1.807) is 6.20 Å². The molecule has 4 N–H and O–H groups in total. The number of nitrogens with two attached hydrogens (primary N) is 1. The number of aliphatic hydroxyl groups excluding tert-OH is 1. The Labute approximate surface area is 115 Å². The van der Waals surface area contributed by atoms with Gasteiger partial charge >= 0.3 is 0 Å². The number of aromatic amines is 1. The first-order chi connectivity index (χ1) is 9.69. The molecule has 8 heteroatoms. The van der Waals surface area contributed by atoms with Gasteiger partial charge in [-0.15, -0.1) is 5.10 Å². The molecule has 0 saturated carbocycles. The van der Waals surface area contributed by atoms with Crippen LogP contribution >= 0.6 is 0 Å². The van der Waals surface area contributed by atoms with Crippen LogP contribution in [0.2, 0.25) is 0 Å². The monoisotopic (exact) mass is 281 g/mol. The molecule has 3 rings (SSSR count). The van der Waals surface area contributed by atoms with E-state index in [4.69, 9.17) is 15.6 Å². The highest BCUT2D eigenvalue weighted by molar-refractivity contribution is 5.38. The highest BCUT2D eigenvalue weighted by Gasteiger charge is 2.29. The van der Waals surface area contributed by atoms with Crippen molar-refractivity contribution < 1.29 is 9.84 Å². The molecule has 0 bridgehead atoms. The van der Waals surface area contributed by atoms with Gasteiger partial charge in [0.15, 0.2) is 0 Å². The fourth-order valence-electron chi connectivity index (χ4n) is 2.20. The number of fused-ring (bicyclic) bond motifs is 1. The van der Waals surface area contributed by atoms with Gasteiger partial charge in [0.05, 0.1) is 24.6 Å². The number of nitrogens with one attached hydrogen (secondary N) is 1. The smallest absolute Gasteiger partial charge is 0.295 e. The van der Waals surface area contributed by atoms with Gasteiger partial charge in [-0.25, -0.2) is 9.50 Å². The van der Waals surface area contributed by atoms with Gasteiger partial charge in [-0.1, -0.05) is 13.8 Å². The van der Waals surface area contributed by atoms with E-state index >= 15 is 0 Å². The number of H-pyrrole nitrogens is 1. The van der Waals surface area contributed by atoms with E-state index in [0.29, 0.717) is 5.69 Å². The van der Waals surface area contributed by atoms with E-state index in [1.807, 2.05) is 13.8 Å². The number of nitrogens with zero attached hydrogens (tertiary/aromatic N) is 3. The number of hydrogen-bond donors (Lipinski definition) is 3. The minimum atomic E-state index is -0.384. The van der Waals surface area contributed by atoms with Crippen LogP contribution < -0.4 is 11.3 Å². The molecule has 20 heavy (non-hydrogen) atoms. The van der Waals surface area contributed by atoms with E-state index in [2.05, 4.69) is 15.1 Å². The SMILES string of the molecule is CC.Nc1nn2c([C@H]3CCC(CO)O3)cnc2c(=O)[nH]1. The maximum atomic E-state index is 11.6. The Kier molecular flexibility index (Phi) is 4.35. The van der Waals surface area contributed by atoms with E-state index in [0.717, 1.165) is 12.8 Å². The molecule has 3 heterocycles. The van der Waals surface area contributed by atoms with Gasteiger partial charge in [-0.05, 0) is 12.8 Å². The average molecular weight is 281 g/mol. The second-order valence-electron chi connectivity index (χ2n) is 4.26. The molecule has 0 aromatic carbocycles. The fraction of sp³-hybridized carbons (Fsp3) is 0.583. The molecule has 2 aromatic heterocycles. The zero-order valence-electron chi connectivity index (χ0n) is 11.5. The quantitative estimate of drug-likeness (QED) is 0.725. The molecule has 8 nitrogen and oxygen atoms in total. The van der Waals surface area contributed by atoms with Crippen LogP contribution in [0.15, 0.2) is 11.0 Å². The molecular formula is C12H19N5O3. The maximum absolute atomic E-state index is 11.6. The molecular weight excluding hydrogens is 262 g/mol. The Balaban J connectivity index is 0.000000704. The Morgan fingerprint density at radius 1 is 1.55 bits per heavy atom. The Hall–Kier alpha value is -1.93. The number of rotatable bonds is 2. The Morgan fingerprint density at radius 2 is 2.30 bits per heavy atom. The van der Waals surface area contributed by atoms with Crippen LogP contribution in [-0.4, -0.2) is 37.4 Å². The first-order valence-corrected chi connectivity index (χ1v) is 6.69. The van der Waals surface area contributed by atoms with Crippen molar-refractivity contribution in [2.75, 3.05) is 12.3 Å². The van der Waals surface area contributed by atoms with Crippen LogP contribution in [0.4, 0.5) is 5.95 Å². The zero-order valence-corrected chi connectivity index (χ0v) is 11.5. The molecule has 0 aliphatic carbocycles. The molecule has 1 saturated heterocycles. The van der Waals surface area contributed by atoms with Crippen molar-refractivity contribution in [2.24, 2.45) is 0 Å². The van der Waals surface area contributed by atoms with Crippen LogP contribution in [0.25, 0.3) is 5.65 Å². The van der Waals surface area contributed by atoms with Gasteiger partial charge in [0.1, 0.15) is 6.10 Å². The molecule has 1 aliphatic rings. The van der Waals surface area contributed by atoms with Crippen LogP contribution in [0, 0.1) is 0 Å². The topological polar surface area (TPSA) is 119 Å². The standard InChI is InChI=1S/C10H13N5O3.C2H6/c11-10-13-9(17)8-12-3-6(15(8)14-10)7-2-1-5(4-16)18-7;1-2/h3,5,7,16H,1-2,4H2,(H3,11,13,14,17);1-2H3/t5?,7-;/m1./s1. The van der Waals surface area contributed by atoms with Gasteiger partial charge in [-0.2, -0.15) is 0 Å². The van der Waals surface area contributed by atoms with Gasteiger partial charge in [-0.3, -0.25) is 9.78 Å². The highest BCUT2D eigenvalue weighted by atomic mass is 16.5. The summed E-state index contributed by atoms with van der Waals surface area (Å²) in [6, 6.07) is 0. The van der Waals surface area contributed by atoms with Crippen molar-refractivity contribution in [1.29, 1.82) is 0 Å². The van der Waals surface area contributed by atoms with E-state index in [-0.39, 0.29) is 36.0 Å². The fourth-order valence-corrected chi connectivity index (χ4v) is 2.20. The number of aromatic nitrogens is 4. The normalized spacial score (nSPS) is 21.8. The largest absolute Gasteiger partial charge is 0.394 e. The first-order valence-electron chi connectivity index (χ1n) is 6.69. The first kappa shape index (κ1) is 14.5. The summed E-state index contributed by atoms with van der Waals surface area (Å²) in [5.41, 5.74) is 5.99. The van der Waals surface area contributed by atoms with Crippen LogP contribution in [0.3, 0.4) is 0 Å². The van der Waals surface area contributed by atoms with Gasteiger partial charge in [0.2, 0.25) is 11.6 Å². The van der Waals surface area contributed by atoms with E-state index < -0.39 is 0 Å². The van der Waals surface area contributed by atoms with E-state index in [1.165, 1.54) is 4.52 Å². The van der Waals surface area contributed by atoms with Gasteiger partial charge < -0.3 is 15.6 Å². The Bertz CT molecular complexity index is 636. The summed E-state index contributed by atoms with van der Waals surface area (Å²) in [7, 11) is 0. The van der Waals surface area contributed by atoms with E-state index in [9.17, 15) is 4.79 Å². The second-order valence-corrected chi connectivity index (χ2v) is 4.26. The summed E-state index contributed by atoms with van der Waals surface area (Å²) in [4.78, 5) is 18.0. The number of hydrogen-bond acceptors (Lipinski definition) is 6. The van der Waals surface area contributed by atoms with Crippen molar-refractivity contribution in [3.63, 3.8) is 0 Å². The van der Waals surface area contributed by atoms with Crippen LogP contribution in [0.5, 0.6) is 0 Å². The Morgan fingerprint density at radius 3 is 2.95 bits per heavy atom. The van der Waals surface area contributed by atoms with Crippen molar-refractivity contribution in [3.8, 4) is 0 Å². The van der Waals surface area contributed by atoms with Crippen LogP contribution in [-0.2, 0) is 4.74 Å². The van der Waals surface area contributed by atoms with Crippen molar-refractivity contribution >= 4 is 11.6 Å². The number of ether oxygens (including phenoxy) is 1. The maximum Gasteiger partial charge on any atom is 0.295 e. The number of nitrogen functional groups attached to an aromatic ring is 1. The summed E-state index contributed by atoms with van der Waals surface area (Å²) in [6.07, 6.45) is 2.70. The third kappa shape index (κ3) is 2.52. The van der Waals surface area contributed by atoms with Crippen molar-refractivity contribution in [1.82, 2.24) is 19.6 Å². The second kappa shape index (κ2) is 6.02. The molecule has 0 spiro atoms. The zero-order chi connectivity index (χ0) is 14.7. The predicted octanol–water partition coefficient (Wildman–Crippen LogP) is 0.238. The minimum absolute atomic E-state index is 0.0105. The average Bonchev–Trinajstić information content (AvgIpc) is 3.06. The summed E-state index contributed by atoms with van der Waals surface area (Å²) >= 11 is 0. The van der Waals surface area contributed by atoms with Crippen LogP contribution in [0.1, 0.15) is 38.5 Å². The molecule has 2 atom stereocenters. The lowest BCUT2D eigenvalue weighted by Gasteiger charge is -2.10. The molecule has 1 unspecified atom stereocenters. The summed E-state index contributed by atoms with van der Waals surface area (Å²) in [5.74, 6) is 0.0310. The molecule has 0 radical (unpaired) electrons. The molecule has 1 aliphatic heterocycles. The van der Waals surface area contributed by atoms with Crippen molar-refractivity contribution in [2.45, 2.75) is 38.9 Å². The van der Waals surface area contributed by atoms with Gasteiger partial charge in [0, 0.05) is 0 Å². The van der Waals surface area contributed by atoms with Crippen molar-refractivity contribution in [3.05, 3.63) is 22.2 Å². The molecule has 110 valence electrons. The highest BCUT2D eigenvalue weighted by Crippen LogP contribution is 2.32. The summed E-state index contributed by atoms with van der Waals surface area (Å²) in [5, 5.41) is 13.1. The summed E-state index contributed by atoms with van der Waals surface area (Å²) < 4.78 is 7.04. The lowest BCUT2D eigenvalue weighted by molar-refractivity contribution is 0.00852.